The van der Waals surface area contributed by atoms with Crippen molar-refractivity contribution in [2.24, 2.45) is 0 Å². The lowest BCUT2D eigenvalue weighted by atomic mass is 9.99. The number of carbonyl (C=O) groups excluding carboxylic acids is 2. The number of sulfonamides is 1. The molecular formula is C31H34BrN5O5S. The number of nitrogens with zero attached hydrogens (tertiary/aromatic N) is 3. The molecule has 226 valence electrons. The van der Waals surface area contributed by atoms with Crippen LogP contribution in [0.2, 0.25) is 0 Å². The molecule has 0 fully saturated rings. The number of anilines is 1. The van der Waals surface area contributed by atoms with Crippen LogP contribution in [0.15, 0.2) is 71.5 Å². The van der Waals surface area contributed by atoms with Crippen LogP contribution in [0.5, 0.6) is 0 Å². The zero-order chi connectivity index (χ0) is 30.6. The van der Waals surface area contributed by atoms with E-state index < -0.39 is 28.1 Å². The number of benzene rings is 2. The van der Waals surface area contributed by atoms with E-state index in [-0.39, 0.29) is 12.3 Å². The highest BCUT2D eigenvalue weighted by atomic mass is 79.9. The SMILES string of the molecule is CCc1cn2c3c(cc(C(=O)N[C@@H](Cc4ccccc4)[C@@H](CNCc4cccc(Br)n4)OC=O)cc13)N(C)S(=O)(=O)CC2. The maximum Gasteiger partial charge on any atom is 0.293 e. The summed E-state index contributed by atoms with van der Waals surface area (Å²) in [7, 11) is -2.03. The maximum atomic E-state index is 13.9. The fourth-order valence-electron chi connectivity index (χ4n) is 5.46. The zero-order valence-corrected chi connectivity index (χ0v) is 26.4. The first-order chi connectivity index (χ1) is 20.7. The second-order valence-corrected chi connectivity index (χ2v) is 13.4. The average molecular weight is 669 g/mol. The molecule has 0 aliphatic carbocycles. The van der Waals surface area contributed by atoms with Crippen molar-refractivity contribution < 1.29 is 22.7 Å². The Morgan fingerprint density at radius 1 is 1.16 bits per heavy atom. The molecule has 0 bridgehead atoms. The molecule has 43 heavy (non-hydrogen) atoms. The summed E-state index contributed by atoms with van der Waals surface area (Å²) in [6, 6.07) is 18.1. The highest BCUT2D eigenvalue weighted by molar-refractivity contribution is 9.10. The molecular weight excluding hydrogens is 634 g/mol. The van der Waals surface area contributed by atoms with Crippen LogP contribution in [0.25, 0.3) is 10.9 Å². The van der Waals surface area contributed by atoms with Crippen LogP contribution in [0.3, 0.4) is 0 Å². The van der Waals surface area contributed by atoms with E-state index in [1.807, 2.05) is 72.3 Å². The predicted molar refractivity (Wildman–Crippen MR) is 169 cm³/mol. The van der Waals surface area contributed by atoms with Crippen LogP contribution >= 0.6 is 15.9 Å². The highest BCUT2D eigenvalue weighted by Gasteiger charge is 2.30. The molecule has 0 saturated carbocycles. The second-order valence-electron chi connectivity index (χ2n) is 10.5. The molecule has 0 unspecified atom stereocenters. The van der Waals surface area contributed by atoms with Gasteiger partial charge in [0.2, 0.25) is 10.0 Å². The Hall–Kier alpha value is -3.74. The van der Waals surface area contributed by atoms with Gasteiger partial charge in [0.25, 0.3) is 12.4 Å². The third-order valence-corrected chi connectivity index (χ3v) is 9.91. The van der Waals surface area contributed by atoms with Gasteiger partial charge < -0.3 is 19.9 Å². The first-order valence-corrected chi connectivity index (χ1v) is 16.5. The van der Waals surface area contributed by atoms with Crippen molar-refractivity contribution in [1.29, 1.82) is 0 Å². The minimum atomic E-state index is -3.56. The summed E-state index contributed by atoms with van der Waals surface area (Å²) < 4.78 is 35.4. The highest BCUT2D eigenvalue weighted by Crippen LogP contribution is 2.35. The Bertz CT molecular complexity index is 1730. The van der Waals surface area contributed by atoms with Gasteiger partial charge in [0, 0.05) is 43.8 Å². The van der Waals surface area contributed by atoms with Gasteiger partial charge in [-0.05, 0) is 64.2 Å². The third kappa shape index (κ3) is 6.92. The van der Waals surface area contributed by atoms with Crippen LogP contribution in [-0.4, -0.2) is 61.8 Å². The van der Waals surface area contributed by atoms with Crippen LogP contribution < -0.4 is 14.9 Å². The number of hydrogen-bond donors (Lipinski definition) is 2. The Labute approximate surface area is 259 Å². The molecule has 0 radical (unpaired) electrons. The molecule has 1 aliphatic rings. The molecule has 0 saturated heterocycles. The molecule has 10 nitrogen and oxygen atoms in total. The first-order valence-electron chi connectivity index (χ1n) is 14.1. The number of rotatable bonds is 12. The van der Waals surface area contributed by atoms with Crippen LogP contribution in [0.1, 0.15) is 34.1 Å². The monoisotopic (exact) mass is 667 g/mol. The van der Waals surface area contributed by atoms with Crippen molar-refractivity contribution in [2.45, 2.75) is 45.0 Å². The van der Waals surface area contributed by atoms with Crippen molar-refractivity contribution in [2.75, 3.05) is 23.7 Å². The summed E-state index contributed by atoms with van der Waals surface area (Å²) in [5, 5.41) is 7.23. The number of aryl methyl sites for hydroxylation is 2. The molecule has 2 aromatic carbocycles. The lowest BCUT2D eigenvalue weighted by Gasteiger charge is -2.27. The van der Waals surface area contributed by atoms with Crippen LogP contribution in [-0.2, 0) is 45.5 Å². The van der Waals surface area contributed by atoms with Gasteiger partial charge in [0.05, 0.1) is 28.7 Å². The molecule has 12 heteroatoms. The van der Waals surface area contributed by atoms with Gasteiger partial charge in [0.1, 0.15) is 10.7 Å². The van der Waals surface area contributed by atoms with Crippen LogP contribution in [0.4, 0.5) is 5.69 Å². The number of aromatic nitrogens is 2. The van der Waals surface area contributed by atoms with Crippen LogP contribution in [0, 0.1) is 0 Å². The van der Waals surface area contributed by atoms with Gasteiger partial charge in [-0.15, -0.1) is 0 Å². The summed E-state index contributed by atoms with van der Waals surface area (Å²) in [4.78, 5) is 29.9. The Morgan fingerprint density at radius 2 is 1.95 bits per heavy atom. The largest absolute Gasteiger partial charge is 0.461 e. The van der Waals surface area contributed by atoms with E-state index in [1.54, 1.807) is 6.07 Å². The van der Waals surface area contributed by atoms with Gasteiger partial charge in [-0.1, -0.05) is 43.3 Å². The van der Waals surface area contributed by atoms with Gasteiger partial charge in [-0.2, -0.15) is 0 Å². The van der Waals surface area contributed by atoms with E-state index >= 15 is 0 Å². The topological polar surface area (TPSA) is 123 Å². The third-order valence-electron chi connectivity index (χ3n) is 7.74. The summed E-state index contributed by atoms with van der Waals surface area (Å²) in [5.74, 6) is -0.420. The number of pyridine rings is 1. The number of carbonyl (C=O) groups is 2. The molecule has 1 aliphatic heterocycles. The number of hydrogen-bond acceptors (Lipinski definition) is 7. The Morgan fingerprint density at radius 3 is 2.67 bits per heavy atom. The number of halogens is 1. The smallest absolute Gasteiger partial charge is 0.293 e. The molecule has 0 spiro atoms. The van der Waals surface area contributed by atoms with Crippen molar-refractivity contribution in [3.05, 3.63) is 93.8 Å². The molecule has 3 heterocycles. The number of nitrogens with one attached hydrogen (secondary N) is 2. The minimum Gasteiger partial charge on any atom is -0.461 e. The Balaban J connectivity index is 1.46. The molecule has 2 atom stereocenters. The number of amides is 1. The molecule has 4 aromatic rings. The summed E-state index contributed by atoms with van der Waals surface area (Å²) in [5.41, 5.74) is 4.38. The fourth-order valence-corrected chi connectivity index (χ4v) is 6.98. The minimum absolute atomic E-state index is 0.0288. The van der Waals surface area contributed by atoms with E-state index in [4.69, 9.17) is 4.74 Å². The van der Waals surface area contributed by atoms with Crippen molar-refractivity contribution >= 4 is 54.9 Å². The van der Waals surface area contributed by atoms with Gasteiger partial charge in [-0.25, -0.2) is 13.4 Å². The summed E-state index contributed by atoms with van der Waals surface area (Å²) >= 11 is 3.38. The molecule has 5 rings (SSSR count). The van der Waals surface area contributed by atoms with E-state index in [1.165, 1.54) is 11.4 Å². The average Bonchev–Trinajstić information content (AvgIpc) is 3.32. The van der Waals surface area contributed by atoms with Crippen molar-refractivity contribution in [3.63, 3.8) is 0 Å². The fraction of sp³-hybridized carbons (Fsp3) is 0.323. The van der Waals surface area contributed by atoms with Crippen molar-refractivity contribution in [1.82, 2.24) is 20.2 Å². The summed E-state index contributed by atoms with van der Waals surface area (Å²) in [6.07, 6.45) is 2.41. The number of ether oxygens (including phenoxy) is 1. The predicted octanol–water partition coefficient (Wildman–Crippen LogP) is 3.81. The molecule has 2 aromatic heterocycles. The van der Waals surface area contributed by atoms with Gasteiger partial charge in [-0.3, -0.25) is 13.9 Å². The molecule has 1 amide bonds. The van der Waals surface area contributed by atoms with Gasteiger partial charge >= 0.3 is 0 Å². The second kappa shape index (κ2) is 13.3. The lowest BCUT2D eigenvalue weighted by molar-refractivity contribution is -0.134. The van der Waals surface area contributed by atoms with E-state index in [0.29, 0.717) is 41.8 Å². The van der Waals surface area contributed by atoms with Crippen molar-refractivity contribution in [3.8, 4) is 0 Å². The quantitative estimate of drug-likeness (QED) is 0.174. The van der Waals surface area contributed by atoms with E-state index in [9.17, 15) is 18.0 Å². The lowest BCUT2D eigenvalue weighted by Crippen LogP contribution is -2.50. The standard InChI is InChI=1S/C31H34BrN5O5S/c1-3-22-19-37-12-13-43(40,41)36(2)27-16-23(15-25(22)30(27)37)31(39)35-26(14-21-8-5-4-6-9-21)28(42-20-38)18-33-17-24-10-7-11-29(32)34-24/h4-11,15-16,19-20,26,28,33H,3,12-14,17-18H2,1-2H3,(H,35,39)/t26-,28+/m0/s1. The molecule has 2 N–H and O–H groups in total. The summed E-state index contributed by atoms with van der Waals surface area (Å²) in [6.45, 7) is 3.46. The maximum absolute atomic E-state index is 13.9. The first kappa shape index (κ1) is 30.7. The zero-order valence-electron chi connectivity index (χ0n) is 24.0. The van der Waals surface area contributed by atoms with E-state index in [0.717, 1.165) is 34.1 Å². The van der Waals surface area contributed by atoms with E-state index in [2.05, 4.69) is 31.5 Å². The normalized spacial score (nSPS) is 15.5. The van der Waals surface area contributed by atoms with Gasteiger partial charge in [0.15, 0.2) is 0 Å². The Kier molecular flexibility index (Phi) is 9.48.